The third-order valence-electron chi connectivity index (χ3n) is 13.7. The minimum absolute atomic E-state index is 1.08. The van der Waals surface area contributed by atoms with Crippen LogP contribution in [0.25, 0.3) is 104 Å². The lowest BCUT2D eigenvalue weighted by molar-refractivity contribution is 1.18. The second-order valence-electron chi connectivity index (χ2n) is 17.6. The van der Waals surface area contributed by atoms with Crippen molar-refractivity contribution in [1.82, 2.24) is 4.57 Å². The Morgan fingerprint density at radius 3 is 1.53 bits per heavy atom. The highest BCUT2D eigenvalue weighted by molar-refractivity contribution is 6.22. The van der Waals surface area contributed by atoms with Crippen molar-refractivity contribution in [2.24, 2.45) is 0 Å². The van der Waals surface area contributed by atoms with Gasteiger partial charge in [0.2, 0.25) is 0 Å². The maximum Gasteiger partial charge on any atom is 0.0562 e. The predicted octanol–water partition coefficient (Wildman–Crippen LogP) is 18.4. The van der Waals surface area contributed by atoms with E-state index in [9.17, 15) is 0 Å². The number of para-hydroxylation sites is 2. The van der Waals surface area contributed by atoms with Crippen LogP contribution in [0, 0.1) is 0 Å². The summed E-state index contributed by atoms with van der Waals surface area (Å²) in [5.74, 6) is 0. The minimum atomic E-state index is 1.08. The standard InChI is InChI=1S/C66H44N2/c1-4-21-46(22-5-1)64-58-34-13-12-33-56(58)57-41-40-49(44-60(57)65(64)47-23-6-2-7-24-47)48-26-16-30-52(42-48)67(53-31-17-27-50(43-53)55-36-18-25-45-20-10-11-32-54(45)55)62-38-19-39-63-66(62)59-35-14-15-37-61(59)68(63)51-28-8-3-9-29-51/h1-44H. The summed E-state index contributed by atoms with van der Waals surface area (Å²) in [6.45, 7) is 0. The molecule has 2 heteroatoms. The van der Waals surface area contributed by atoms with Crippen LogP contribution in [0.5, 0.6) is 0 Å². The smallest absolute Gasteiger partial charge is 0.0562 e. The van der Waals surface area contributed by atoms with Crippen LogP contribution >= 0.6 is 0 Å². The first kappa shape index (κ1) is 39.4. The van der Waals surface area contributed by atoms with Gasteiger partial charge in [0.05, 0.1) is 16.7 Å². The van der Waals surface area contributed by atoms with Crippen molar-refractivity contribution in [3.63, 3.8) is 0 Å². The third kappa shape index (κ3) is 6.57. The Morgan fingerprint density at radius 1 is 0.279 bits per heavy atom. The molecule has 2 nitrogen and oxygen atoms in total. The quantitative estimate of drug-likeness (QED) is 0.138. The largest absolute Gasteiger partial charge is 0.310 e. The van der Waals surface area contributed by atoms with Crippen molar-refractivity contribution in [2.75, 3.05) is 4.90 Å². The SMILES string of the molecule is c1ccc(-c2c(-c3ccccc3)c3cc(-c4cccc(N(c5cccc(-c6cccc7ccccc67)c5)c5cccc6c5c5ccccc5n6-c5ccccc5)c4)ccc3c3ccccc23)cc1. The van der Waals surface area contributed by atoms with E-state index in [0.717, 1.165) is 39.4 Å². The lowest BCUT2D eigenvalue weighted by Gasteiger charge is -2.28. The van der Waals surface area contributed by atoms with Crippen molar-refractivity contribution < 1.29 is 0 Å². The van der Waals surface area contributed by atoms with Gasteiger partial charge in [-0.1, -0.05) is 206 Å². The van der Waals surface area contributed by atoms with Crippen LogP contribution in [0.4, 0.5) is 17.1 Å². The summed E-state index contributed by atoms with van der Waals surface area (Å²) in [6.07, 6.45) is 0. The maximum atomic E-state index is 2.47. The molecule has 0 radical (unpaired) electrons. The summed E-state index contributed by atoms with van der Waals surface area (Å²) < 4.78 is 2.40. The van der Waals surface area contributed by atoms with Crippen LogP contribution in [-0.2, 0) is 0 Å². The van der Waals surface area contributed by atoms with Crippen molar-refractivity contribution >= 4 is 71.2 Å². The molecule has 0 bridgehead atoms. The van der Waals surface area contributed by atoms with Gasteiger partial charge in [0.1, 0.15) is 0 Å². The van der Waals surface area contributed by atoms with Gasteiger partial charge in [0, 0.05) is 27.8 Å². The van der Waals surface area contributed by atoms with Gasteiger partial charge in [-0.2, -0.15) is 0 Å². The summed E-state index contributed by atoms with van der Waals surface area (Å²) in [6, 6.07) is 97.6. The Balaban J connectivity index is 1.06. The van der Waals surface area contributed by atoms with Gasteiger partial charge >= 0.3 is 0 Å². The first-order valence-corrected chi connectivity index (χ1v) is 23.4. The molecule has 0 spiro atoms. The van der Waals surface area contributed by atoms with Crippen molar-refractivity contribution in [3.05, 3.63) is 267 Å². The fourth-order valence-corrected chi connectivity index (χ4v) is 10.8. The van der Waals surface area contributed by atoms with Crippen molar-refractivity contribution in [1.29, 1.82) is 0 Å². The first-order chi connectivity index (χ1) is 33.8. The van der Waals surface area contributed by atoms with Gasteiger partial charge in [-0.25, -0.2) is 0 Å². The number of hydrogen-bond acceptors (Lipinski definition) is 1. The van der Waals surface area contributed by atoms with Gasteiger partial charge in [0.25, 0.3) is 0 Å². The Bertz CT molecular complexity index is 4010. The predicted molar refractivity (Wildman–Crippen MR) is 290 cm³/mol. The average Bonchev–Trinajstić information content (AvgIpc) is 3.76. The van der Waals surface area contributed by atoms with E-state index in [2.05, 4.69) is 276 Å². The molecule has 0 N–H and O–H groups in total. The van der Waals surface area contributed by atoms with Crippen LogP contribution in [0.15, 0.2) is 267 Å². The highest BCUT2D eigenvalue weighted by atomic mass is 15.1. The molecule has 0 aliphatic rings. The minimum Gasteiger partial charge on any atom is -0.310 e. The molecule has 68 heavy (non-hydrogen) atoms. The van der Waals surface area contributed by atoms with E-state index in [1.807, 2.05) is 0 Å². The Hall–Kier alpha value is -8.98. The monoisotopic (exact) mass is 864 g/mol. The molecule has 0 saturated carbocycles. The lowest BCUT2D eigenvalue weighted by atomic mass is 9.84. The second-order valence-corrected chi connectivity index (χ2v) is 17.6. The number of hydrogen-bond donors (Lipinski definition) is 0. The average molecular weight is 865 g/mol. The van der Waals surface area contributed by atoms with Crippen LogP contribution in [0.1, 0.15) is 0 Å². The topological polar surface area (TPSA) is 8.17 Å². The summed E-state index contributed by atoms with van der Waals surface area (Å²) >= 11 is 0. The highest BCUT2D eigenvalue weighted by Crippen LogP contribution is 2.48. The van der Waals surface area contributed by atoms with Gasteiger partial charge in [-0.15, -0.1) is 0 Å². The molecule has 1 heterocycles. The summed E-state index contributed by atoms with van der Waals surface area (Å²) in [4.78, 5) is 2.47. The Kier molecular flexibility index (Phi) is 9.54. The van der Waals surface area contributed by atoms with E-state index in [1.165, 1.54) is 82.0 Å². The number of benzene rings is 12. The Morgan fingerprint density at radius 2 is 0.779 bits per heavy atom. The summed E-state index contributed by atoms with van der Waals surface area (Å²) in [5.41, 5.74) is 16.3. The van der Waals surface area contributed by atoms with Crippen LogP contribution in [0.3, 0.4) is 0 Å². The molecular weight excluding hydrogens is 821 g/mol. The van der Waals surface area contributed by atoms with Gasteiger partial charge < -0.3 is 9.47 Å². The fourth-order valence-electron chi connectivity index (χ4n) is 10.8. The molecule has 1 aromatic heterocycles. The van der Waals surface area contributed by atoms with Crippen molar-refractivity contribution in [2.45, 2.75) is 0 Å². The molecule has 0 atom stereocenters. The van der Waals surface area contributed by atoms with Gasteiger partial charge in [-0.05, 0) is 137 Å². The molecule has 0 aliphatic carbocycles. The number of fused-ring (bicyclic) bond motifs is 7. The zero-order chi connectivity index (χ0) is 45.0. The zero-order valence-corrected chi connectivity index (χ0v) is 37.3. The number of aromatic nitrogens is 1. The molecule has 318 valence electrons. The van der Waals surface area contributed by atoms with Gasteiger partial charge in [-0.3, -0.25) is 0 Å². The van der Waals surface area contributed by atoms with Crippen LogP contribution < -0.4 is 4.90 Å². The molecule has 12 aromatic carbocycles. The van der Waals surface area contributed by atoms with E-state index < -0.39 is 0 Å². The number of anilines is 3. The van der Waals surface area contributed by atoms with Crippen LogP contribution in [0.2, 0.25) is 0 Å². The number of rotatable bonds is 8. The first-order valence-electron chi connectivity index (χ1n) is 23.4. The van der Waals surface area contributed by atoms with E-state index in [1.54, 1.807) is 0 Å². The fraction of sp³-hybridized carbons (Fsp3) is 0. The van der Waals surface area contributed by atoms with E-state index in [-0.39, 0.29) is 0 Å². The summed E-state index contributed by atoms with van der Waals surface area (Å²) in [7, 11) is 0. The zero-order valence-electron chi connectivity index (χ0n) is 37.3. The molecule has 0 amide bonds. The molecule has 0 aliphatic heterocycles. The molecular formula is C66H44N2. The second kappa shape index (κ2) is 16.5. The molecule has 0 unspecified atom stereocenters. The molecule has 13 rings (SSSR count). The summed E-state index contributed by atoms with van der Waals surface area (Å²) in [5, 5.41) is 9.85. The van der Waals surface area contributed by atoms with E-state index in [4.69, 9.17) is 0 Å². The molecule has 0 fully saturated rings. The highest BCUT2D eigenvalue weighted by Gasteiger charge is 2.23. The molecule has 0 saturated heterocycles. The van der Waals surface area contributed by atoms with Crippen LogP contribution in [-0.4, -0.2) is 4.57 Å². The van der Waals surface area contributed by atoms with Gasteiger partial charge in [0.15, 0.2) is 0 Å². The normalized spacial score (nSPS) is 11.5. The number of nitrogens with zero attached hydrogens (tertiary/aromatic N) is 2. The molecule has 13 aromatic rings. The third-order valence-corrected chi connectivity index (χ3v) is 13.7. The van der Waals surface area contributed by atoms with Crippen molar-refractivity contribution in [3.8, 4) is 50.2 Å². The lowest BCUT2D eigenvalue weighted by Crippen LogP contribution is -2.10. The van der Waals surface area contributed by atoms with E-state index in [0.29, 0.717) is 0 Å². The maximum absolute atomic E-state index is 2.47. The van der Waals surface area contributed by atoms with E-state index >= 15 is 0 Å². The Labute approximate surface area is 395 Å².